The summed E-state index contributed by atoms with van der Waals surface area (Å²) in [6.45, 7) is 2.09. The second-order valence-corrected chi connectivity index (χ2v) is 4.24. The Kier molecular flexibility index (Phi) is 3.99. The predicted molar refractivity (Wildman–Crippen MR) is 62.7 cm³/mol. The van der Waals surface area contributed by atoms with Gasteiger partial charge in [-0.15, -0.1) is 0 Å². The lowest BCUT2D eigenvalue weighted by Crippen LogP contribution is -2.10. The molecule has 1 aromatic carbocycles. The van der Waals surface area contributed by atoms with Crippen LogP contribution in [-0.2, 0) is 0 Å². The molecule has 3 heteroatoms. The summed E-state index contributed by atoms with van der Waals surface area (Å²) in [5, 5.41) is 9.71. The van der Waals surface area contributed by atoms with Gasteiger partial charge in [0.15, 0.2) is 0 Å². The monoisotopic (exact) mass is 291 g/mol. The summed E-state index contributed by atoms with van der Waals surface area (Å²) in [5.74, 6) is 0.337. The van der Waals surface area contributed by atoms with Crippen molar-refractivity contribution in [2.24, 2.45) is 5.73 Å². The summed E-state index contributed by atoms with van der Waals surface area (Å²) < 4.78 is 0.863. The van der Waals surface area contributed by atoms with Gasteiger partial charge >= 0.3 is 0 Å². The van der Waals surface area contributed by atoms with Crippen molar-refractivity contribution in [3.8, 4) is 5.75 Å². The number of rotatable bonds is 3. The molecule has 0 saturated carbocycles. The van der Waals surface area contributed by atoms with Gasteiger partial charge in [-0.2, -0.15) is 0 Å². The van der Waals surface area contributed by atoms with Crippen LogP contribution in [-0.4, -0.2) is 5.11 Å². The summed E-state index contributed by atoms with van der Waals surface area (Å²) in [7, 11) is 0. The Hall–Kier alpha value is -0.290. The van der Waals surface area contributed by atoms with Gasteiger partial charge in [-0.1, -0.05) is 25.5 Å². The summed E-state index contributed by atoms with van der Waals surface area (Å²) in [6.07, 6.45) is 1.94. The minimum Gasteiger partial charge on any atom is -0.506 e. The van der Waals surface area contributed by atoms with Gasteiger partial charge in [-0.3, -0.25) is 0 Å². The molecule has 1 rings (SSSR count). The lowest BCUT2D eigenvalue weighted by Gasteiger charge is -2.13. The third-order valence-corrected chi connectivity index (χ3v) is 2.89. The smallest absolute Gasteiger partial charge is 0.133 e. The third kappa shape index (κ3) is 2.57. The van der Waals surface area contributed by atoms with E-state index in [-0.39, 0.29) is 6.04 Å². The van der Waals surface area contributed by atoms with E-state index in [2.05, 4.69) is 29.5 Å². The highest BCUT2D eigenvalue weighted by molar-refractivity contribution is 14.1. The minimum atomic E-state index is -0.0419. The van der Waals surface area contributed by atoms with Crippen LogP contribution in [0.2, 0.25) is 0 Å². The Morgan fingerprint density at radius 1 is 1.54 bits per heavy atom. The van der Waals surface area contributed by atoms with Crippen molar-refractivity contribution < 1.29 is 5.11 Å². The molecule has 0 heterocycles. The van der Waals surface area contributed by atoms with Crippen LogP contribution in [0.4, 0.5) is 0 Å². The van der Waals surface area contributed by atoms with Crippen LogP contribution in [0.3, 0.4) is 0 Å². The van der Waals surface area contributed by atoms with Crippen LogP contribution in [0.25, 0.3) is 0 Å². The fraction of sp³-hybridized carbons (Fsp3) is 0.400. The molecule has 72 valence electrons. The summed E-state index contributed by atoms with van der Waals surface area (Å²) in [4.78, 5) is 0. The van der Waals surface area contributed by atoms with Crippen LogP contribution in [0.1, 0.15) is 31.4 Å². The number of hydrogen-bond donors (Lipinski definition) is 2. The molecule has 1 unspecified atom stereocenters. The molecular formula is C10H14INO. The first kappa shape index (κ1) is 10.8. The quantitative estimate of drug-likeness (QED) is 0.841. The van der Waals surface area contributed by atoms with Gasteiger partial charge < -0.3 is 10.8 Å². The Morgan fingerprint density at radius 3 is 2.85 bits per heavy atom. The van der Waals surface area contributed by atoms with Crippen molar-refractivity contribution in [1.29, 1.82) is 0 Å². The van der Waals surface area contributed by atoms with Crippen LogP contribution in [0.15, 0.2) is 18.2 Å². The summed E-state index contributed by atoms with van der Waals surface area (Å²) in [6, 6.07) is 5.64. The molecule has 0 spiro atoms. The average molecular weight is 291 g/mol. The average Bonchev–Trinajstić information content (AvgIpc) is 2.10. The fourth-order valence-corrected chi connectivity index (χ4v) is 1.82. The zero-order valence-corrected chi connectivity index (χ0v) is 9.78. The predicted octanol–water partition coefficient (Wildman–Crippen LogP) is 2.80. The maximum atomic E-state index is 9.71. The highest BCUT2D eigenvalue weighted by atomic mass is 127. The molecule has 0 bridgehead atoms. The molecule has 0 aromatic heterocycles. The van der Waals surface area contributed by atoms with Crippen molar-refractivity contribution >= 4 is 22.6 Å². The van der Waals surface area contributed by atoms with Crippen molar-refractivity contribution in [1.82, 2.24) is 0 Å². The second-order valence-electron chi connectivity index (χ2n) is 3.07. The Bertz CT molecular complexity index is 288. The highest BCUT2D eigenvalue weighted by Crippen LogP contribution is 2.29. The summed E-state index contributed by atoms with van der Waals surface area (Å²) >= 11 is 2.11. The zero-order valence-electron chi connectivity index (χ0n) is 7.63. The topological polar surface area (TPSA) is 46.2 Å². The zero-order chi connectivity index (χ0) is 9.84. The van der Waals surface area contributed by atoms with E-state index in [1.165, 1.54) is 0 Å². The van der Waals surface area contributed by atoms with E-state index in [1.807, 2.05) is 18.2 Å². The lowest BCUT2D eigenvalue weighted by molar-refractivity contribution is 0.454. The molecule has 0 amide bonds. The number of hydrogen-bond acceptors (Lipinski definition) is 2. The van der Waals surface area contributed by atoms with Crippen molar-refractivity contribution in [2.75, 3.05) is 0 Å². The van der Waals surface area contributed by atoms with E-state index in [4.69, 9.17) is 5.73 Å². The Morgan fingerprint density at radius 2 is 2.23 bits per heavy atom. The third-order valence-electron chi connectivity index (χ3n) is 2.02. The Balaban J connectivity index is 2.93. The standard InChI is InChI=1S/C10H14INO/c1-2-4-9(12)7-5-3-6-8(11)10(7)13/h3,5-6,9,13H,2,4,12H2,1H3. The number of benzene rings is 1. The fourth-order valence-electron chi connectivity index (χ4n) is 1.30. The molecule has 13 heavy (non-hydrogen) atoms. The van der Waals surface area contributed by atoms with Crippen LogP contribution < -0.4 is 5.73 Å². The minimum absolute atomic E-state index is 0.0419. The largest absolute Gasteiger partial charge is 0.506 e. The van der Waals surface area contributed by atoms with Gasteiger partial charge in [-0.25, -0.2) is 0 Å². The lowest BCUT2D eigenvalue weighted by atomic mass is 10.0. The van der Waals surface area contributed by atoms with Gasteiger partial charge in [0.1, 0.15) is 5.75 Å². The van der Waals surface area contributed by atoms with Gasteiger partial charge in [-0.05, 0) is 35.1 Å². The SMILES string of the molecule is CCCC(N)c1cccc(I)c1O. The highest BCUT2D eigenvalue weighted by Gasteiger charge is 2.11. The van der Waals surface area contributed by atoms with Crippen molar-refractivity contribution in [2.45, 2.75) is 25.8 Å². The number of phenolic OH excluding ortho intramolecular Hbond substituents is 1. The maximum absolute atomic E-state index is 9.71. The number of nitrogens with two attached hydrogens (primary N) is 1. The van der Waals surface area contributed by atoms with Crippen molar-refractivity contribution in [3.05, 3.63) is 27.3 Å². The number of para-hydroxylation sites is 1. The first-order valence-electron chi connectivity index (χ1n) is 4.39. The number of phenols is 1. The molecule has 0 aliphatic rings. The molecule has 1 aromatic rings. The molecular weight excluding hydrogens is 277 g/mol. The summed E-state index contributed by atoms with van der Waals surface area (Å²) in [5.41, 5.74) is 6.77. The van der Waals surface area contributed by atoms with Crippen molar-refractivity contribution in [3.63, 3.8) is 0 Å². The molecule has 0 saturated heterocycles. The molecule has 0 aliphatic carbocycles. The second kappa shape index (κ2) is 4.81. The molecule has 0 radical (unpaired) electrons. The van der Waals surface area contributed by atoms with Crippen LogP contribution in [0, 0.1) is 3.57 Å². The van der Waals surface area contributed by atoms with Gasteiger partial charge in [0.2, 0.25) is 0 Å². The van der Waals surface area contributed by atoms with E-state index in [0.29, 0.717) is 5.75 Å². The number of aromatic hydroxyl groups is 1. The van der Waals surface area contributed by atoms with E-state index in [1.54, 1.807) is 0 Å². The van der Waals surface area contributed by atoms with E-state index in [9.17, 15) is 5.11 Å². The molecule has 0 aliphatic heterocycles. The molecule has 3 N–H and O–H groups in total. The number of halogens is 1. The molecule has 1 atom stereocenters. The van der Waals surface area contributed by atoms with Gasteiger partial charge in [0.05, 0.1) is 3.57 Å². The van der Waals surface area contributed by atoms with Crippen LogP contribution in [0.5, 0.6) is 5.75 Å². The first-order chi connectivity index (χ1) is 6.16. The Labute approximate surface area is 92.3 Å². The van der Waals surface area contributed by atoms with E-state index in [0.717, 1.165) is 22.0 Å². The van der Waals surface area contributed by atoms with Gasteiger partial charge in [0, 0.05) is 11.6 Å². The maximum Gasteiger partial charge on any atom is 0.133 e. The van der Waals surface area contributed by atoms with Crippen LogP contribution >= 0.6 is 22.6 Å². The van der Waals surface area contributed by atoms with Gasteiger partial charge in [0.25, 0.3) is 0 Å². The van der Waals surface area contributed by atoms with E-state index < -0.39 is 0 Å². The molecule has 2 nitrogen and oxygen atoms in total. The van der Waals surface area contributed by atoms with E-state index >= 15 is 0 Å². The normalized spacial score (nSPS) is 12.8. The first-order valence-corrected chi connectivity index (χ1v) is 5.47. The molecule has 0 fully saturated rings.